The van der Waals surface area contributed by atoms with Crippen molar-refractivity contribution in [3.05, 3.63) is 40.8 Å². The highest BCUT2D eigenvalue weighted by molar-refractivity contribution is 7.94. The summed E-state index contributed by atoms with van der Waals surface area (Å²) < 4.78 is 26.9. The van der Waals surface area contributed by atoms with Gasteiger partial charge in [-0.1, -0.05) is 0 Å². The minimum absolute atomic E-state index is 0.00798. The number of hydrogen-bond donors (Lipinski definition) is 3. The molecule has 1 heterocycles. The molecule has 9 heteroatoms. The second kappa shape index (κ2) is 6.39. The summed E-state index contributed by atoms with van der Waals surface area (Å²) in [4.78, 5) is 21.9. The molecule has 2 aromatic rings. The van der Waals surface area contributed by atoms with E-state index in [4.69, 9.17) is 5.11 Å². The molecule has 0 aliphatic heterocycles. The molecule has 0 bridgehead atoms. The molecule has 3 N–H and O–H groups in total. The minimum atomic E-state index is -3.87. The summed E-state index contributed by atoms with van der Waals surface area (Å²) in [6, 6.07) is 7.44. The zero-order valence-corrected chi connectivity index (χ0v) is 13.9. The van der Waals surface area contributed by atoms with Crippen LogP contribution in [0.2, 0.25) is 0 Å². The maximum atomic E-state index is 12.3. The molecule has 23 heavy (non-hydrogen) atoms. The minimum Gasteiger partial charge on any atom is -0.477 e. The number of rotatable bonds is 5. The van der Waals surface area contributed by atoms with Crippen LogP contribution in [0.4, 0.5) is 11.4 Å². The summed E-state index contributed by atoms with van der Waals surface area (Å²) in [6.45, 7) is 2.91. The molecule has 2 rings (SSSR count). The molecule has 0 spiro atoms. The van der Waals surface area contributed by atoms with Crippen molar-refractivity contribution in [2.45, 2.75) is 18.1 Å². The van der Waals surface area contributed by atoms with Gasteiger partial charge in [-0.15, -0.1) is 11.3 Å². The molecular formula is C14H14N2O5S2. The van der Waals surface area contributed by atoms with Gasteiger partial charge < -0.3 is 10.4 Å². The number of thiophene rings is 1. The Labute approximate surface area is 137 Å². The highest BCUT2D eigenvalue weighted by atomic mass is 32.2. The number of amides is 1. The summed E-state index contributed by atoms with van der Waals surface area (Å²) in [6.07, 6.45) is 0. The van der Waals surface area contributed by atoms with Gasteiger partial charge in [-0.2, -0.15) is 0 Å². The van der Waals surface area contributed by atoms with Crippen LogP contribution in [0.15, 0.2) is 34.5 Å². The molecule has 1 aromatic carbocycles. The molecule has 0 atom stereocenters. The van der Waals surface area contributed by atoms with Crippen LogP contribution in [0, 0.1) is 6.92 Å². The Kier molecular flexibility index (Phi) is 4.71. The van der Waals surface area contributed by atoms with Gasteiger partial charge in [0.25, 0.3) is 10.0 Å². The van der Waals surface area contributed by atoms with Crippen LogP contribution in [0.5, 0.6) is 0 Å². The fourth-order valence-corrected chi connectivity index (χ4v) is 4.26. The number of benzene rings is 1. The normalized spacial score (nSPS) is 11.0. The van der Waals surface area contributed by atoms with Gasteiger partial charge in [0.2, 0.25) is 5.91 Å². The Bertz CT molecular complexity index is 854. The number of carboxylic acid groups (broad SMARTS) is 1. The Balaban J connectivity index is 2.22. The Hall–Kier alpha value is -2.39. The van der Waals surface area contributed by atoms with E-state index in [9.17, 15) is 18.0 Å². The molecular weight excluding hydrogens is 340 g/mol. The fraction of sp³-hybridized carbons (Fsp3) is 0.143. The standard InChI is InChI=1S/C14H14N2O5S2/c1-8-7-12(22-13(8)14(18)19)23(20,21)16-11-5-3-10(4-6-11)15-9(2)17/h3-7,16H,1-2H3,(H,15,17)(H,18,19). The average molecular weight is 354 g/mol. The van der Waals surface area contributed by atoms with Gasteiger partial charge in [-0.05, 0) is 42.8 Å². The van der Waals surface area contributed by atoms with Crippen LogP contribution >= 0.6 is 11.3 Å². The molecule has 0 saturated heterocycles. The third-order valence-electron chi connectivity index (χ3n) is 2.81. The van der Waals surface area contributed by atoms with Gasteiger partial charge in [0.05, 0.1) is 0 Å². The number of nitrogens with one attached hydrogen (secondary N) is 2. The van der Waals surface area contributed by atoms with Crippen molar-refractivity contribution < 1.29 is 23.1 Å². The lowest BCUT2D eigenvalue weighted by molar-refractivity contribution is -0.114. The first-order chi connectivity index (χ1) is 10.7. The smallest absolute Gasteiger partial charge is 0.346 e. The van der Waals surface area contributed by atoms with Gasteiger partial charge in [0.15, 0.2) is 0 Å². The number of carbonyl (C=O) groups is 2. The molecule has 0 unspecified atom stereocenters. The zero-order valence-electron chi connectivity index (χ0n) is 12.3. The molecule has 0 radical (unpaired) electrons. The number of carbonyl (C=O) groups excluding carboxylic acids is 1. The van der Waals surface area contributed by atoms with E-state index in [0.29, 0.717) is 28.3 Å². The van der Waals surface area contributed by atoms with E-state index in [1.807, 2.05) is 0 Å². The number of aryl methyl sites for hydroxylation is 1. The van der Waals surface area contributed by atoms with Crippen molar-refractivity contribution in [2.75, 3.05) is 10.0 Å². The summed E-state index contributed by atoms with van der Waals surface area (Å²) in [5, 5.41) is 11.6. The third kappa shape index (κ3) is 4.08. The quantitative estimate of drug-likeness (QED) is 0.764. The van der Waals surface area contributed by atoms with Gasteiger partial charge in [0, 0.05) is 18.3 Å². The highest BCUT2D eigenvalue weighted by Gasteiger charge is 2.21. The van der Waals surface area contributed by atoms with E-state index in [1.54, 1.807) is 19.1 Å². The van der Waals surface area contributed by atoms with Crippen LogP contribution < -0.4 is 10.0 Å². The van der Waals surface area contributed by atoms with Crippen molar-refractivity contribution in [1.29, 1.82) is 0 Å². The number of anilines is 2. The highest BCUT2D eigenvalue weighted by Crippen LogP contribution is 2.28. The first-order valence-electron chi connectivity index (χ1n) is 6.43. The topological polar surface area (TPSA) is 113 Å². The lowest BCUT2D eigenvalue weighted by atomic mass is 10.3. The van der Waals surface area contributed by atoms with E-state index in [-0.39, 0.29) is 15.0 Å². The molecule has 0 saturated carbocycles. The summed E-state index contributed by atoms with van der Waals surface area (Å²) in [5.41, 5.74) is 1.24. The van der Waals surface area contributed by atoms with Crippen LogP contribution in [-0.2, 0) is 14.8 Å². The summed E-state index contributed by atoms with van der Waals surface area (Å²) in [7, 11) is -3.87. The third-order valence-corrected chi connectivity index (χ3v) is 5.89. The van der Waals surface area contributed by atoms with Crippen LogP contribution in [-0.4, -0.2) is 25.4 Å². The van der Waals surface area contributed by atoms with Crippen molar-refractivity contribution in [1.82, 2.24) is 0 Å². The molecule has 1 aromatic heterocycles. The predicted octanol–water partition coefficient (Wildman–Crippen LogP) is 2.51. The predicted molar refractivity (Wildman–Crippen MR) is 87.6 cm³/mol. The van der Waals surface area contributed by atoms with E-state index >= 15 is 0 Å². The van der Waals surface area contributed by atoms with E-state index in [2.05, 4.69) is 10.0 Å². The largest absolute Gasteiger partial charge is 0.477 e. The average Bonchev–Trinajstić information content (AvgIpc) is 2.83. The van der Waals surface area contributed by atoms with Gasteiger partial charge in [-0.3, -0.25) is 9.52 Å². The Morgan fingerprint density at radius 1 is 1.13 bits per heavy atom. The van der Waals surface area contributed by atoms with Crippen LogP contribution in [0.1, 0.15) is 22.2 Å². The first kappa shape index (κ1) is 17.0. The second-order valence-corrected chi connectivity index (χ2v) is 7.71. The molecule has 7 nitrogen and oxygen atoms in total. The summed E-state index contributed by atoms with van der Waals surface area (Å²) in [5.74, 6) is -1.39. The van der Waals surface area contributed by atoms with Gasteiger partial charge in [-0.25, -0.2) is 13.2 Å². The maximum absolute atomic E-state index is 12.3. The van der Waals surface area contributed by atoms with Gasteiger partial charge >= 0.3 is 5.97 Å². The Morgan fingerprint density at radius 3 is 2.17 bits per heavy atom. The molecule has 0 fully saturated rings. The lowest BCUT2D eigenvalue weighted by Crippen LogP contribution is -2.11. The van der Waals surface area contributed by atoms with E-state index in [1.165, 1.54) is 25.1 Å². The zero-order chi connectivity index (χ0) is 17.2. The molecule has 1 amide bonds. The number of carboxylic acids is 1. The maximum Gasteiger partial charge on any atom is 0.346 e. The SMILES string of the molecule is CC(=O)Nc1ccc(NS(=O)(=O)c2cc(C)c(C(=O)O)s2)cc1. The monoisotopic (exact) mass is 354 g/mol. The Morgan fingerprint density at radius 2 is 1.70 bits per heavy atom. The molecule has 122 valence electrons. The number of sulfonamides is 1. The number of aromatic carboxylic acids is 1. The molecule has 0 aliphatic rings. The second-order valence-electron chi connectivity index (χ2n) is 4.75. The fourth-order valence-electron chi connectivity index (χ4n) is 1.83. The molecule has 0 aliphatic carbocycles. The first-order valence-corrected chi connectivity index (χ1v) is 8.73. The van der Waals surface area contributed by atoms with Crippen molar-refractivity contribution in [3.63, 3.8) is 0 Å². The lowest BCUT2D eigenvalue weighted by Gasteiger charge is -2.07. The summed E-state index contributed by atoms with van der Waals surface area (Å²) >= 11 is 0.698. The van der Waals surface area contributed by atoms with Crippen molar-refractivity contribution in [2.24, 2.45) is 0 Å². The van der Waals surface area contributed by atoms with Gasteiger partial charge in [0.1, 0.15) is 9.09 Å². The van der Waals surface area contributed by atoms with Crippen LogP contribution in [0.25, 0.3) is 0 Å². The van der Waals surface area contributed by atoms with Crippen LogP contribution in [0.3, 0.4) is 0 Å². The van der Waals surface area contributed by atoms with Crippen molar-refractivity contribution >= 4 is 44.6 Å². The number of hydrogen-bond acceptors (Lipinski definition) is 5. The van der Waals surface area contributed by atoms with Crippen molar-refractivity contribution in [3.8, 4) is 0 Å². The van der Waals surface area contributed by atoms with E-state index in [0.717, 1.165) is 0 Å². The van der Waals surface area contributed by atoms with E-state index < -0.39 is 16.0 Å².